The van der Waals surface area contributed by atoms with Crippen LogP contribution in [0.15, 0.2) is 66.6 Å². The van der Waals surface area contributed by atoms with Crippen LogP contribution in [0.1, 0.15) is 32.9 Å². The number of carbonyl (C=O) groups excluding carboxylic acids is 2. The van der Waals surface area contributed by atoms with Crippen LogP contribution in [0.25, 0.3) is 17.5 Å². The summed E-state index contributed by atoms with van der Waals surface area (Å²) in [5.41, 5.74) is -10.6. The van der Waals surface area contributed by atoms with Crippen molar-refractivity contribution in [1.82, 2.24) is 18.3 Å². The lowest BCUT2D eigenvalue weighted by Gasteiger charge is -2.14. The van der Waals surface area contributed by atoms with Crippen LogP contribution in [0, 0.1) is 23.0 Å². The van der Waals surface area contributed by atoms with Crippen LogP contribution in [0.2, 0.25) is 0 Å². The van der Waals surface area contributed by atoms with Crippen molar-refractivity contribution in [3.8, 4) is 17.4 Å². The Morgan fingerprint density at radius 1 is 0.808 bits per heavy atom. The van der Waals surface area contributed by atoms with Gasteiger partial charge in [0.2, 0.25) is 0 Å². The van der Waals surface area contributed by atoms with Crippen molar-refractivity contribution < 1.29 is 49.4 Å². The molecular formula is C31H20F8N6O7. The van der Waals surface area contributed by atoms with E-state index in [0.29, 0.717) is 6.07 Å². The summed E-state index contributed by atoms with van der Waals surface area (Å²) in [6.07, 6.45) is -7.63. The first-order valence-electron chi connectivity index (χ1n) is 13.7. The highest BCUT2D eigenvalue weighted by Gasteiger charge is 2.36. The van der Waals surface area contributed by atoms with Crippen molar-refractivity contribution in [3.63, 3.8) is 0 Å². The first-order chi connectivity index (χ1) is 24.1. The van der Waals surface area contributed by atoms with E-state index in [4.69, 9.17) is 5.26 Å². The second-order valence-corrected chi connectivity index (χ2v) is 10.1. The van der Waals surface area contributed by atoms with Crippen molar-refractivity contribution in [2.75, 3.05) is 7.11 Å². The summed E-state index contributed by atoms with van der Waals surface area (Å²) in [6, 6.07) is 5.15. The van der Waals surface area contributed by atoms with Crippen LogP contribution in [-0.2, 0) is 36.0 Å². The topological polar surface area (TPSA) is 168 Å². The lowest BCUT2D eigenvalue weighted by Crippen LogP contribution is -2.41. The van der Waals surface area contributed by atoms with E-state index in [1.165, 1.54) is 0 Å². The predicted molar refractivity (Wildman–Crippen MR) is 165 cm³/mol. The van der Waals surface area contributed by atoms with Crippen LogP contribution in [-0.4, -0.2) is 44.4 Å². The van der Waals surface area contributed by atoms with Crippen LogP contribution >= 0.6 is 0 Å². The van der Waals surface area contributed by atoms with Gasteiger partial charge >= 0.3 is 29.7 Å². The molecular weight excluding hydrogens is 720 g/mol. The molecule has 52 heavy (non-hydrogen) atoms. The number of halogens is 8. The number of aromatic nitrogens is 4. The normalized spacial score (nSPS) is 11.4. The number of ether oxygens (including phenoxy) is 1. The van der Waals surface area contributed by atoms with E-state index in [-0.39, 0.29) is 59.1 Å². The van der Waals surface area contributed by atoms with Crippen molar-refractivity contribution in [1.29, 1.82) is 5.26 Å². The second-order valence-electron chi connectivity index (χ2n) is 10.1. The molecule has 21 heteroatoms. The maximum atomic E-state index is 14.4. The van der Waals surface area contributed by atoms with E-state index in [1.54, 1.807) is 6.07 Å². The molecule has 272 valence electrons. The van der Waals surface area contributed by atoms with Gasteiger partial charge in [-0.25, -0.2) is 32.3 Å². The van der Waals surface area contributed by atoms with Crippen LogP contribution in [0.4, 0.5) is 40.8 Å². The number of nitriles is 1. The van der Waals surface area contributed by atoms with Gasteiger partial charge in [-0.1, -0.05) is 0 Å². The summed E-state index contributed by atoms with van der Waals surface area (Å²) in [4.78, 5) is 74.0. The molecule has 0 atom stereocenters. The highest BCUT2D eigenvalue weighted by atomic mass is 19.4. The Labute approximate surface area is 283 Å². The lowest BCUT2D eigenvalue weighted by molar-refractivity contribution is -0.144. The molecule has 0 fully saturated rings. The molecule has 0 amide bonds. The van der Waals surface area contributed by atoms with E-state index < -0.39 is 75.2 Å². The fraction of sp³-hybridized carbons (Fsp3) is 0.161. The zero-order valence-corrected chi connectivity index (χ0v) is 26.5. The molecule has 0 saturated heterocycles. The number of esters is 1. The molecule has 2 aromatic heterocycles. The van der Waals surface area contributed by atoms with Crippen molar-refractivity contribution in [3.05, 3.63) is 124 Å². The number of hydrogen-bond donors (Lipinski definition) is 0. The molecule has 0 saturated carbocycles. The summed E-state index contributed by atoms with van der Waals surface area (Å²) in [5, 5.41) is 9.08. The van der Waals surface area contributed by atoms with Gasteiger partial charge in [0.25, 0.3) is 11.1 Å². The summed E-state index contributed by atoms with van der Waals surface area (Å²) in [7, 11) is 2.67. The Morgan fingerprint density at radius 2 is 1.25 bits per heavy atom. The van der Waals surface area contributed by atoms with Gasteiger partial charge in [-0.2, -0.15) is 31.6 Å². The molecule has 0 aliphatic rings. The summed E-state index contributed by atoms with van der Waals surface area (Å²) in [6.45, 7) is 3.14. The molecule has 13 nitrogen and oxygen atoms in total. The van der Waals surface area contributed by atoms with Crippen LogP contribution in [0.5, 0.6) is 0 Å². The minimum atomic E-state index is -4.97. The molecule has 0 aliphatic heterocycles. The van der Waals surface area contributed by atoms with Crippen LogP contribution in [0.3, 0.4) is 0 Å². The molecule has 4 rings (SSSR count). The Bertz CT molecular complexity index is 2430. The van der Waals surface area contributed by atoms with Crippen molar-refractivity contribution >= 4 is 30.7 Å². The second kappa shape index (κ2) is 15.0. The van der Waals surface area contributed by atoms with Gasteiger partial charge in [-0.3, -0.25) is 28.5 Å². The number of alkyl halides is 6. The zero-order chi connectivity index (χ0) is 39.5. The smallest absolute Gasteiger partial charge is 0.431 e. The van der Waals surface area contributed by atoms with Gasteiger partial charge in [0.05, 0.1) is 35.8 Å². The third-order valence-electron chi connectivity index (χ3n) is 6.94. The number of rotatable bonds is 6. The molecule has 4 aromatic rings. The quantitative estimate of drug-likeness (QED) is 0.0951. The Hall–Kier alpha value is -6.72. The Kier molecular flexibility index (Phi) is 11.5. The fourth-order valence-electron chi connectivity index (χ4n) is 4.42. The number of methoxy groups -OCH3 is 1. The van der Waals surface area contributed by atoms with E-state index in [1.807, 2.05) is 0 Å². The average Bonchev–Trinajstić information content (AvgIpc) is 3.07. The molecule has 2 aromatic carbocycles. The van der Waals surface area contributed by atoms with Gasteiger partial charge in [0.15, 0.2) is 6.29 Å². The molecule has 0 unspecified atom stereocenters. The van der Waals surface area contributed by atoms with E-state index >= 15 is 0 Å². The van der Waals surface area contributed by atoms with E-state index in [2.05, 4.69) is 16.4 Å². The zero-order valence-electron chi connectivity index (χ0n) is 26.5. The predicted octanol–water partition coefficient (Wildman–Crippen LogP) is 3.59. The first-order valence-corrected chi connectivity index (χ1v) is 13.7. The SMILES string of the molecule is C=Nc1cc(F)c(-n2c(=O)cc(C(F)(F)F)n(C)c2=O)cc1C=O.COC(=O)/C=C\c1cc(-n2c(=O)cc(C(F)(F)F)n(C)c2=O)c(F)cc1C#N. The summed E-state index contributed by atoms with van der Waals surface area (Å²) in [5.74, 6) is -3.11. The van der Waals surface area contributed by atoms with E-state index in [0.717, 1.165) is 51.6 Å². The molecule has 0 spiro atoms. The van der Waals surface area contributed by atoms with Crippen molar-refractivity contribution in [2.45, 2.75) is 12.4 Å². The molecule has 2 heterocycles. The molecule has 0 bridgehead atoms. The number of carbonyl (C=O) groups is 2. The fourth-order valence-corrected chi connectivity index (χ4v) is 4.42. The maximum absolute atomic E-state index is 14.4. The van der Waals surface area contributed by atoms with Crippen molar-refractivity contribution in [2.24, 2.45) is 19.1 Å². The van der Waals surface area contributed by atoms with E-state index in [9.17, 15) is 63.9 Å². The number of hydrogen-bond acceptors (Lipinski definition) is 9. The Morgan fingerprint density at radius 3 is 1.63 bits per heavy atom. The Balaban J connectivity index is 0.000000284. The standard InChI is InChI=1S/C17H11F4N3O4.C14H9F4N3O3/c1-23-13(17(19,20)21)7-14(25)24(16(23)27)12-6-9(3-4-15(26)28-2)10(8-22)5-11(12)18;1-19-9-4-8(15)10(3-7(9)6-22)21-12(23)5-11(14(16,17)18)20(2)13(21)24/h3-7H,1-2H3;3-6H,1H2,2H3/b4-3-;. The summed E-state index contributed by atoms with van der Waals surface area (Å²) >= 11 is 0. The maximum Gasteiger partial charge on any atom is 0.431 e. The van der Waals surface area contributed by atoms with Gasteiger partial charge in [0.1, 0.15) is 23.0 Å². The number of nitrogens with zero attached hydrogens (tertiary/aromatic N) is 6. The largest absolute Gasteiger partial charge is 0.466 e. The highest BCUT2D eigenvalue weighted by molar-refractivity contribution is 5.87. The molecule has 0 N–H and O–H groups in total. The molecule has 0 aliphatic carbocycles. The minimum Gasteiger partial charge on any atom is -0.466 e. The van der Waals surface area contributed by atoms with Crippen LogP contribution < -0.4 is 22.5 Å². The molecule has 0 radical (unpaired) electrons. The summed E-state index contributed by atoms with van der Waals surface area (Å²) < 4.78 is 111. The number of aliphatic imine (C=N–C) groups is 1. The minimum absolute atomic E-state index is 0.0573. The first kappa shape index (κ1) is 39.7. The average molecular weight is 741 g/mol. The van der Waals surface area contributed by atoms with Gasteiger partial charge in [-0.05, 0) is 36.6 Å². The third kappa shape index (κ3) is 8.01. The third-order valence-corrected chi connectivity index (χ3v) is 6.94. The lowest BCUT2D eigenvalue weighted by atomic mass is 10.1. The van der Waals surface area contributed by atoms with Gasteiger partial charge in [-0.15, -0.1) is 0 Å². The number of benzene rings is 2. The monoisotopic (exact) mass is 740 g/mol. The number of aldehydes is 1. The highest BCUT2D eigenvalue weighted by Crippen LogP contribution is 2.29. The van der Waals surface area contributed by atoms with Gasteiger partial charge in [0, 0.05) is 43.9 Å². The van der Waals surface area contributed by atoms with Gasteiger partial charge < -0.3 is 4.74 Å².